The van der Waals surface area contributed by atoms with E-state index in [1.165, 1.54) is 13.0 Å². The molecular formula is C9H20N. The highest BCUT2D eigenvalue weighted by Crippen LogP contribution is 1.99. The smallest absolute Gasteiger partial charge is 0.00384 e. The van der Waals surface area contributed by atoms with Gasteiger partial charge in [-0.05, 0) is 33.4 Å². The van der Waals surface area contributed by atoms with Crippen LogP contribution in [-0.4, -0.2) is 24.0 Å². The molecule has 1 nitrogen and oxygen atoms in total. The van der Waals surface area contributed by atoms with Crippen molar-refractivity contribution < 1.29 is 0 Å². The van der Waals surface area contributed by atoms with Gasteiger partial charge in [0.2, 0.25) is 0 Å². The van der Waals surface area contributed by atoms with Crippen LogP contribution in [-0.2, 0) is 0 Å². The maximum absolute atomic E-state index is 3.82. The molecule has 0 aromatic heterocycles. The summed E-state index contributed by atoms with van der Waals surface area (Å²) in [5, 5.41) is 0. The molecule has 1 heteroatoms. The lowest BCUT2D eigenvalue weighted by molar-refractivity contribution is 0.231. The van der Waals surface area contributed by atoms with Gasteiger partial charge in [-0.3, -0.25) is 0 Å². The van der Waals surface area contributed by atoms with Crippen molar-refractivity contribution in [1.82, 2.24) is 4.90 Å². The molecule has 0 aromatic rings. The lowest BCUT2D eigenvalue weighted by Crippen LogP contribution is -2.31. The molecule has 0 unspecified atom stereocenters. The van der Waals surface area contributed by atoms with Gasteiger partial charge < -0.3 is 4.90 Å². The lowest BCUT2D eigenvalue weighted by atomic mass is 10.2. The van der Waals surface area contributed by atoms with Crippen LogP contribution >= 0.6 is 0 Å². The van der Waals surface area contributed by atoms with Crippen LogP contribution in [0, 0.1) is 6.92 Å². The highest BCUT2D eigenvalue weighted by Gasteiger charge is 2.03. The van der Waals surface area contributed by atoms with Crippen LogP contribution in [0.3, 0.4) is 0 Å². The highest BCUT2D eigenvalue weighted by molar-refractivity contribution is 4.60. The third-order valence-corrected chi connectivity index (χ3v) is 1.83. The predicted molar refractivity (Wildman–Crippen MR) is 47.0 cm³/mol. The average Bonchev–Trinajstić information content (AvgIpc) is 1.89. The minimum atomic E-state index is 0.691. The second-order valence-electron chi connectivity index (χ2n) is 2.93. The summed E-state index contributed by atoms with van der Waals surface area (Å²) in [6.45, 7) is 12.9. The molecule has 0 bridgehead atoms. The summed E-state index contributed by atoms with van der Waals surface area (Å²) in [5.41, 5.74) is 0. The first-order valence-corrected chi connectivity index (χ1v) is 4.25. The number of unbranched alkanes of at least 4 members (excludes halogenated alkanes) is 1. The maximum atomic E-state index is 3.82. The van der Waals surface area contributed by atoms with Crippen molar-refractivity contribution in [2.75, 3.05) is 13.1 Å². The van der Waals surface area contributed by atoms with Crippen molar-refractivity contribution in [3.05, 3.63) is 6.92 Å². The van der Waals surface area contributed by atoms with Crippen molar-refractivity contribution in [1.29, 1.82) is 0 Å². The van der Waals surface area contributed by atoms with Crippen molar-refractivity contribution in [3.8, 4) is 0 Å². The van der Waals surface area contributed by atoms with Crippen LogP contribution in [0.4, 0.5) is 0 Å². The van der Waals surface area contributed by atoms with Crippen molar-refractivity contribution in [2.45, 2.75) is 39.7 Å². The van der Waals surface area contributed by atoms with E-state index in [1.807, 2.05) is 0 Å². The molecule has 0 aromatic carbocycles. The zero-order valence-corrected chi connectivity index (χ0v) is 7.56. The van der Waals surface area contributed by atoms with Crippen molar-refractivity contribution in [2.24, 2.45) is 0 Å². The topological polar surface area (TPSA) is 3.24 Å². The van der Waals surface area contributed by atoms with Crippen LogP contribution < -0.4 is 0 Å². The van der Waals surface area contributed by atoms with Gasteiger partial charge in [0.15, 0.2) is 0 Å². The van der Waals surface area contributed by atoms with Gasteiger partial charge in [-0.25, -0.2) is 0 Å². The molecule has 10 heavy (non-hydrogen) atoms. The van der Waals surface area contributed by atoms with Gasteiger partial charge in [0.05, 0.1) is 0 Å². The summed E-state index contributed by atoms with van der Waals surface area (Å²) in [5.74, 6) is 0. The third kappa shape index (κ3) is 3.89. The van der Waals surface area contributed by atoms with Gasteiger partial charge in [0.25, 0.3) is 0 Å². The molecule has 0 rings (SSSR count). The van der Waals surface area contributed by atoms with Crippen LogP contribution in [0.1, 0.15) is 33.6 Å². The molecule has 0 spiro atoms. The molecule has 0 saturated heterocycles. The summed E-state index contributed by atoms with van der Waals surface area (Å²) in [6, 6.07) is 0.691. The molecule has 0 aliphatic carbocycles. The molecule has 0 aliphatic heterocycles. The van der Waals surface area contributed by atoms with E-state index in [9.17, 15) is 0 Å². The second-order valence-corrected chi connectivity index (χ2v) is 2.93. The number of hydrogen-bond acceptors (Lipinski definition) is 1. The molecule has 0 saturated carbocycles. The second kappa shape index (κ2) is 5.72. The van der Waals surface area contributed by atoms with Crippen molar-refractivity contribution >= 4 is 0 Å². The van der Waals surface area contributed by atoms with E-state index in [0.717, 1.165) is 13.0 Å². The summed E-state index contributed by atoms with van der Waals surface area (Å²) in [4.78, 5) is 2.46. The summed E-state index contributed by atoms with van der Waals surface area (Å²) in [7, 11) is 0. The molecule has 0 aliphatic rings. The lowest BCUT2D eigenvalue weighted by Gasteiger charge is -2.24. The Balaban J connectivity index is 3.40. The van der Waals surface area contributed by atoms with E-state index in [1.54, 1.807) is 0 Å². The van der Waals surface area contributed by atoms with E-state index in [0.29, 0.717) is 6.04 Å². The first kappa shape index (κ1) is 9.96. The first-order valence-electron chi connectivity index (χ1n) is 4.25. The van der Waals surface area contributed by atoms with Crippen LogP contribution in [0.2, 0.25) is 0 Å². The van der Waals surface area contributed by atoms with Gasteiger partial charge in [0.1, 0.15) is 0 Å². The molecule has 0 fully saturated rings. The first-order chi connectivity index (χ1) is 4.72. The molecular weight excluding hydrogens is 122 g/mol. The molecule has 61 valence electrons. The van der Waals surface area contributed by atoms with Gasteiger partial charge in [0, 0.05) is 6.04 Å². The van der Waals surface area contributed by atoms with E-state index in [2.05, 4.69) is 32.6 Å². The fourth-order valence-electron chi connectivity index (χ4n) is 1.10. The minimum Gasteiger partial charge on any atom is -0.301 e. The van der Waals surface area contributed by atoms with Gasteiger partial charge in [-0.15, -0.1) is 0 Å². The molecule has 0 atom stereocenters. The Bertz CT molecular complexity index is 69.1. The summed E-state index contributed by atoms with van der Waals surface area (Å²) < 4.78 is 0. The van der Waals surface area contributed by atoms with Crippen LogP contribution in [0.15, 0.2) is 0 Å². The summed E-state index contributed by atoms with van der Waals surface area (Å²) in [6.07, 6.45) is 2.29. The SMILES string of the molecule is [CH2]CCCN(CC)C(C)C. The van der Waals surface area contributed by atoms with Crippen molar-refractivity contribution in [3.63, 3.8) is 0 Å². The number of nitrogens with zero attached hydrogens (tertiary/aromatic N) is 1. The quantitative estimate of drug-likeness (QED) is 0.569. The summed E-state index contributed by atoms with van der Waals surface area (Å²) >= 11 is 0. The molecule has 0 heterocycles. The predicted octanol–water partition coefficient (Wildman–Crippen LogP) is 2.33. The fraction of sp³-hybridized carbons (Fsp3) is 0.889. The Hall–Kier alpha value is -0.0400. The third-order valence-electron chi connectivity index (χ3n) is 1.83. The van der Waals surface area contributed by atoms with E-state index in [4.69, 9.17) is 0 Å². The van der Waals surface area contributed by atoms with E-state index >= 15 is 0 Å². The average molecular weight is 142 g/mol. The Morgan fingerprint density at radius 3 is 2.30 bits per heavy atom. The Kier molecular flexibility index (Phi) is 5.70. The molecule has 0 N–H and O–H groups in total. The van der Waals surface area contributed by atoms with Gasteiger partial charge in [-0.2, -0.15) is 0 Å². The fourth-order valence-corrected chi connectivity index (χ4v) is 1.10. The van der Waals surface area contributed by atoms with E-state index in [-0.39, 0.29) is 0 Å². The van der Waals surface area contributed by atoms with E-state index < -0.39 is 0 Å². The zero-order valence-electron chi connectivity index (χ0n) is 7.56. The number of hydrogen-bond donors (Lipinski definition) is 0. The van der Waals surface area contributed by atoms with Crippen LogP contribution in [0.25, 0.3) is 0 Å². The maximum Gasteiger partial charge on any atom is 0.00384 e. The normalized spacial score (nSPS) is 11.4. The van der Waals surface area contributed by atoms with Gasteiger partial charge in [-0.1, -0.05) is 20.3 Å². The largest absolute Gasteiger partial charge is 0.301 e. The number of rotatable bonds is 5. The Morgan fingerprint density at radius 2 is 2.00 bits per heavy atom. The zero-order chi connectivity index (χ0) is 7.98. The van der Waals surface area contributed by atoms with Gasteiger partial charge >= 0.3 is 0 Å². The minimum absolute atomic E-state index is 0.691. The molecule has 0 amide bonds. The monoisotopic (exact) mass is 142 g/mol. The molecule has 1 radical (unpaired) electrons. The standard InChI is InChI=1S/C9H20N/c1-5-7-8-10(6-2)9(3)4/h9H,1,5-8H2,2-4H3. The van der Waals surface area contributed by atoms with Crippen LogP contribution in [0.5, 0.6) is 0 Å². The highest BCUT2D eigenvalue weighted by atomic mass is 15.1. The Labute approximate surface area is 65.4 Å². The Morgan fingerprint density at radius 1 is 1.40 bits per heavy atom.